The van der Waals surface area contributed by atoms with Crippen molar-refractivity contribution in [3.05, 3.63) is 48.8 Å². The Bertz CT molecular complexity index is 588. The van der Waals surface area contributed by atoms with E-state index in [0.29, 0.717) is 0 Å². The van der Waals surface area contributed by atoms with Crippen molar-refractivity contribution in [2.24, 2.45) is 7.05 Å². The van der Waals surface area contributed by atoms with E-state index in [2.05, 4.69) is 14.5 Å². The highest BCUT2D eigenvalue weighted by Crippen LogP contribution is 2.09. The van der Waals surface area contributed by atoms with Crippen LogP contribution in [0.3, 0.4) is 0 Å². The molecule has 3 rings (SSSR count). The molecule has 0 fully saturated rings. The summed E-state index contributed by atoms with van der Waals surface area (Å²) in [7, 11) is 2.00. The lowest BCUT2D eigenvalue weighted by Crippen LogP contribution is -2.23. The van der Waals surface area contributed by atoms with Gasteiger partial charge in [0.1, 0.15) is 18.9 Å². The lowest BCUT2D eigenvalue weighted by atomic mass is 10.3. The van der Waals surface area contributed by atoms with Gasteiger partial charge in [0, 0.05) is 0 Å². The summed E-state index contributed by atoms with van der Waals surface area (Å²) in [5.74, 6) is 0.859. The van der Waals surface area contributed by atoms with Gasteiger partial charge in [-0.2, -0.15) is 0 Å². The average Bonchev–Trinajstić information content (AvgIpc) is 2.84. The van der Waals surface area contributed by atoms with Gasteiger partial charge in [-0.1, -0.05) is 24.3 Å². The monoisotopic (exact) mass is 212 g/mol. The first-order valence-corrected chi connectivity index (χ1v) is 5.20. The topological polar surface area (TPSA) is 35.8 Å². The quantitative estimate of drug-likeness (QED) is 0.591. The predicted molar refractivity (Wildman–Crippen MR) is 59.8 cm³/mol. The smallest absolute Gasteiger partial charge is 0.243 e. The van der Waals surface area contributed by atoms with Gasteiger partial charge in [-0.3, -0.25) is 0 Å². The summed E-state index contributed by atoms with van der Waals surface area (Å²) in [5, 5.41) is 0. The van der Waals surface area contributed by atoms with Crippen LogP contribution in [0.2, 0.25) is 0 Å². The van der Waals surface area contributed by atoms with Gasteiger partial charge < -0.3 is 9.97 Å². The molecule has 16 heavy (non-hydrogen) atoms. The highest BCUT2D eigenvalue weighted by atomic mass is 15.1. The highest BCUT2D eigenvalue weighted by molar-refractivity contribution is 5.74. The number of aromatic nitrogens is 4. The SMILES string of the molecule is C[n+]1ccn(Cc2nc3ccccc3[n-]2)c1. The number of hydrogen-bond acceptors (Lipinski definition) is 1. The van der Waals surface area contributed by atoms with Gasteiger partial charge in [-0.05, 0) is 16.9 Å². The van der Waals surface area contributed by atoms with Gasteiger partial charge in [-0.25, -0.2) is 9.13 Å². The summed E-state index contributed by atoms with van der Waals surface area (Å²) in [5.41, 5.74) is 1.93. The van der Waals surface area contributed by atoms with Crippen molar-refractivity contribution in [3.63, 3.8) is 0 Å². The van der Waals surface area contributed by atoms with E-state index in [-0.39, 0.29) is 0 Å². The molecule has 0 aliphatic carbocycles. The first-order chi connectivity index (χ1) is 7.81. The Hall–Kier alpha value is -2.10. The fourth-order valence-corrected chi connectivity index (χ4v) is 1.79. The van der Waals surface area contributed by atoms with Crippen LogP contribution in [-0.4, -0.2) is 9.55 Å². The molecule has 0 bridgehead atoms. The molecule has 0 saturated heterocycles. The zero-order chi connectivity index (χ0) is 11.0. The Kier molecular flexibility index (Phi) is 1.99. The predicted octanol–water partition coefficient (Wildman–Crippen LogP) is 0.866. The first kappa shape index (κ1) is 9.15. The third kappa shape index (κ3) is 1.58. The lowest BCUT2D eigenvalue weighted by molar-refractivity contribution is -0.671. The van der Waals surface area contributed by atoms with Crippen molar-refractivity contribution < 1.29 is 4.57 Å². The molecule has 0 N–H and O–H groups in total. The van der Waals surface area contributed by atoms with Crippen LogP contribution in [0.1, 0.15) is 5.82 Å². The molecule has 4 nitrogen and oxygen atoms in total. The number of hydrogen-bond donors (Lipinski definition) is 0. The van der Waals surface area contributed by atoms with E-state index >= 15 is 0 Å². The van der Waals surface area contributed by atoms with Crippen LogP contribution in [0, 0.1) is 0 Å². The second-order valence-electron chi connectivity index (χ2n) is 3.88. The first-order valence-electron chi connectivity index (χ1n) is 5.20. The minimum atomic E-state index is 0.718. The van der Waals surface area contributed by atoms with Crippen LogP contribution in [0.5, 0.6) is 0 Å². The molecule has 3 aromatic rings. The zero-order valence-electron chi connectivity index (χ0n) is 9.04. The molecule has 0 atom stereocenters. The van der Waals surface area contributed by atoms with Crippen LogP contribution < -0.4 is 9.55 Å². The fourth-order valence-electron chi connectivity index (χ4n) is 1.79. The van der Waals surface area contributed by atoms with Gasteiger partial charge in [0.15, 0.2) is 0 Å². The molecular weight excluding hydrogens is 200 g/mol. The number of para-hydroxylation sites is 2. The minimum absolute atomic E-state index is 0.718. The van der Waals surface area contributed by atoms with E-state index in [9.17, 15) is 0 Å². The third-order valence-electron chi connectivity index (χ3n) is 2.53. The average molecular weight is 212 g/mol. The Morgan fingerprint density at radius 3 is 3.00 bits per heavy atom. The van der Waals surface area contributed by atoms with E-state index in [1.165, 1.54) is 0 Å². The van der Waals surface area contributed by atoms with Crippen LogP contribution in [0.4, 0.5) is 0 Å². The summed E-state index contributed by atoms with van der Waals surface area (Å²) in [6.45, 7) is 0.718. The van der Waals surface area contributed by atoms with Crippen molar-refractivity contribution in [2.75, 3.05) is 0 Å². The highest BCUT2D eigenvalue weighted by Gasteiger charge is 1.99. The molecule has 80 valence electrons. The molecule has 0 aliphatic rings. The molecule has 0 spiro atoms. The van der Waals surface area contributed by atoms with Crippen LogP contribution in [-0.2, 0) is 13.6 Å². The summed E-state index contributed by atoms with van der Waals surface area (Å²) in [6, 6.07) is 7.94. The zero-order valence-corrected chi connectivity index (χ0v) is 9.04. The number of nitrogens with zero attached hydrogens (tertiary/aromatic N) is 4. The van der Waals surface area contributed by atoms with E-state index in [1.54, 1.807) is 0 Å². The van der Waals surface area contributed by atoms with E-state index < -0.39 is 0 Å². The molecule has 0 unspecified atom stereocenters. The molecular formula is C12H12N4. The Morgan fingerprint density at radius 2 is 2.25 bits per heavy atom. The summed E-state index contributed by atoms with van der Waals surface area (Å²) >= 11 is 0. The molecule has 0 radical (unpaired) electrons. The van der Waals surface area contributed by atoms with Gasteiger partial charge in [0.05, 0.1) is 7.05 Å². The molecule has 2 heterocycles. The number of imidazole rings is 2. The largest absolute Gasteiger partial charge is 0.436 e. The van der Waals surface area contributed by atoms with Crippen molar-refractivity contribution in [3.8, 4) is 0 Å². The van der Waals surface area contributed by atoms with Crippen molar-refractivity contribution in [1.82, 2.24) is 14.5 Å². The van der Waals surface area contributed by atoms with Crippen molar-refractivity contribution in [1.29, 1.82) is 0 Å². The van der Waals surface area contributed by atoms with Crippen LogP contribution in [0.25, 0.3) is 11.0 Å². The standard InChI is InChI=1S/C12H12N4/c1-15-6-7-16(9-15)8-12-13-10-4-2-3-5-11(10)14-12/h2-7,9H,8H2,1H3. The van der Waals surface area contributed by atoms with Gasteiger partial charge in [0.2, 0.25) is 6.33 Å². The Morgan fingerprint density at radius 1 is 1.38 bits per heavy atom. The number of fused-ring (bicyclic) bond motifs is 1. The maximum atomic E-state index is 4.48. The summed E-state index contributed by atoms with van der Waals surface area (Å²) < 4.78 is 4.07. The number of rotatable bonds is 2. The van der Waals surface area contributed by atoms with Crippen molar-refractivity contribution >= 4 is 11.0 Å². The molecule has 4 heteroatoms. The molecule has 2 aromatic heterocycles. The fraction of sp³-hybridized carbons (Fsp3) is 0.167. The minimum Gasteiger partial charge on any atom is -0.436 e. The summed E-state index contributed by atoms with van der Waals surface area (Å²) in [4.78, 5) is 8.95. The van der Waals surface area contributed by atoms with Crippen molar-refractivity contribution in [2.45, 2.75) is 6.54 Å². The second kappa shape index (κ2) is 3.48. The second-order valence-corrected chi connectivity index (χ2v) is 3.88. The van der Waals surface area contributed by atoms with E-state index in [4.69, 9.17) is 0 Å². The molecule has 0 saturated carbocycles. The van der Waals surface area contributed by atoms with Gasteiger partial charge in [-0.15, -0.1) is 0 Å². The number of benzene rings is 1. The molecule has 0 amide bonds. The van der Waals surface area contributed by atoms with Crippen LogP contribution >= 0.6 is 0 Å². The summed E-state index contributed by atoms with van der Waals surface area (Å²) in [6.07, 6.45) is 6.03. The van der Waals surface area contributed by atoms with E-state index in [1.807, 2.05) is 54.6 Å². The maximum Gasteiger partial charge on any atom is 0.243 e. The molecule has 0 aliphatic heterocycles. The van der Waals surface area contributed by atoms with Crippen LogP contribution in [0.15, 0.2) is 43.0 Å². The normalized spacial score (nSPS) is 11.1. The Balaban J connectivity index is 1.95. The van der Waals surface area contributed by atoms with E-state index in [0.717, 1.165) is 23.4 Å². The molecule has 1 aromatic carbocycles. The number of aryl methyl sites for hydroxylation is 1. The maximum absolute atomic E-state index is 4.48. The third-order valence-corrected chi connectivity index (χ3v) is 2.53. The van der Waals surface area contributed by atoms with Gasteiger partial charge in [0.25, 0.3) is 0 Å². The Labute approximate surface area is 93.2 Å². The van der Waals surface area contributed by atoms with Gasteiger partial charge >= 0.3 is 0 Å². The lowest BCUT2D eigenvalue weighted by Gasteiger charge is -1.98.